The molecule has 0 fully saturated rings. The molecule has 0 unspecified atom stereocenters. The Morgan fingerprint density at radius 1 is 1.41 bits per heavy atom. The number of aryl methyl sites for hydroxylation is 1. The molecule has 0 amide bonds. The summed E-state index contributed by atoms with van der Waals surface area (Å²) in [5, 5.41) is 6.28. The normalized spacial score (nSPS) is 11.6. The first-order valence-electron chi connectivity index (χ1n) is 5.20. The van der Waals surface area contributed by atoms with E-state index in [4.69, 9.17) is 0 Å². The van der Waals surface area contributed by atoms with E-state index in [9.17, 15) is 0 Å². The second-order valence-corrected chi connectivity index (χ2v) is 5.78. The number of aromatic nitrogens is 4. The molecular formula is C10H14BrN5S. The van der Waals surface area contributed by atoms with Crippen LogP contribution < -0.4 is 0 Å². The van der Waals surface area contributed by atoms with Crippen LogP contribution in [0, 0.1) is 0 Å². The molecule has 5 nitrogen and oxygen atoms in total. The first-order chi connectivity index (χ1) is 8.09. The molecule has 2 heterocycles. The highest BCUT2D eigenvalue weighted by atomic mass is 79.9. The Kier molecular flexibility index (Phi) is 4.01. The molecule has 0 aliphatic rings. The van der Waals surface area contributed by atoms with E-state index in [-0.39, 0.29) is 0 Å². The van der Waals surface area contributed by atoms with Crippen LogP contribution in [0.15, 0.2) is 16.0 Å². The van der Waals surface area contributed by atoms with E-state index in [1.807, 2.05) is 7.05 Å². The quantitative estimate of drug-likeness (QED) is 0.636. The van der Waals surface area contributed by atoms with Gasteiger partial charge < -0.3 is 4.90 Å². The Balaban J connectivity index is 2.28. The van der Waals surface area contributed by atoms with Crippen LogP contribution >= 0.6 is 27.7 Å². The van der Waals surface area contributed by atoms with Crippen molar-refractivity contribution in [1.29, 1.82) is 0 Å². The second kappa shape index (κ2) is 5.32. The minimum absolute atomic E-state index is 0.808. The summed E-state index contributed by atoms with van der Waals surface area (Å²) >= 11 is 5.18. The molecule has 0 atom stereocenters. The Hall–Kier alpha value is -0.660. The summed E-state index contributed by atoms with van der Waals surface area (Å²) in [5.74, 6) is 1.00. The Labute approximate surface area is 113 Å². The fourth-order valence-electron chi connectivity index (χ4n) is 1.45. The van der Waals surface area contributed by atoms with Gasteiger partial charge in [-0.2, -0.15) is 5.10 Å². The molecule has 0 spiro atoms. The average Bonchev–Trinajstić information content (AvgIpc) is 2.55. The Morgan fingerprint density at radius 2 is 2.18 bits per heavy atom. The van der Waals surface area contributed by atoms with E-state index in [1.165, 1.54) is 0 Å². The number of halogens is 1. The number of hydrogen-bond donors (Lipinski definition) is 0. The summed E-state index contributed by atoms with van der Waals surface area (Å²) in [6, 6.07) is 0. The molecule has 7 heteroatoms. The molecule has 0 aliphatic carbocycles. The van der Waals surface area contributed by atoms with Crippen molar-refractivity contribution in [2.75, 3.05) is 26.4 Å². The zero-order valence-electron chi connectivity index (χ0n) is 10.0. The van der Waals surface area contributed by atoms with Crippen LogP contribution in [0.1, 0.15) is 0 Å². The van der Waals surface area contributed by atoms with E-state index < -0.39 is 0 Å². The lowest BCUT2D eigenvalue weighted by Gasteiger charge is -2.08. The number of fused-ring (bicyclic) bond motifs is 1. The lowest BCUT2D eigenvalue weighted by atomic mass is 10.4. The van der Waals surface area contributed by atoms with Crippen molar-refractivity contribution in [3.63, 3.8) is 0 Å². The monoisotopic (exact) mass is 315 g/mol. The third-order valence-corrected chi connectivity index (χ3v) is 3.85. The summed E-state index contributed by atoms with van der Waals surface area (Å²) in [6.45, 7) is 1.02. The van der Waals surface area contributed by atoms with Gasteiger partial charge in [-0.3, -0.25) is 0 Å². The first kappa shape index (κ1) is 12.8. The van der Waals surface area contributed by atoms with Crippen LogP contribution in [0.3, 0.4) is 0 Å². The number of rotatable bonds is 4. The molecule has 0 saturated carbocycles. The third kappa shape index (κ3) is 2.78. The van der Waals surface area contributed by atoms with Crippen LogP contribution in [0.2, 0.25) is 0 Å². The van der Waals surface area contributed by atoms with Gasteiger partial charge in [0.1, 0.15) is 16.0 Å². The van der Waals surface area contributed by atoms with Crippen LogP contribution in [0.25, 0.3) is 11.0 Å². The lowest BCUT2D eigenvalue weighted by Crippen LogP contribution is -2.14. The van der Waals surface area contributed by atoms with E-state index in [2.05, 4.69) is 50.0 Å². The minimum atomic E-state index is 0.808. The van der Waals surface area contributed by atoms with Crippen molar-refractivity contribution in [2.24, 2.45) is 7.05 Å². The molecular weight excluding hydrogens is 302 g/mol. The molecule has 92 valence electrons. The fourth-order valence-corrected chi connectivity index (χ4v) is 3.29. The largest absolute Gasteiger partial charge is 0.309 e. The molecule has 0 radical (unpaired) electrons. The summed E-state index contributed by atoms with van der Waals surface area (Å²) < 4.78 is 2.57. The maximum absolute atomic E-state index is 4.33. The molecule has 0 bridgehead atoms. The number of hydrogen-bond acceptors (Lipinski definition) is 5. The van der Waals surface area contributed by atoms with Crippen LogP contribution in [0.4, 0.5) is 0 Å². The van der Waals surface area contributed by atoms with E-state index in [1.54, 1.807) is 22.8 Å². The molecule has 17 heavy (non-hydrogen) atoms. The molecule has 2 rings (SSSR count). The number of thioether (sulfide) groups is 1. The lowest BCUT2D eigenvalue weighted by molar-refractivity contribution is 0.437. The van der Waals surface area contributed by atoms with E-state index in [0.717, 1.165) is 33.0 Å². The number of nitrogens with zero attached hydrogens (tertiary/aromatic N) is 5. The summed E-state index contributed by atoms with van der Waals surface area (Å²) in [7, 11) is 6.01. The van der Waals surface area contributed by atoms with Crippen molar-refractivity contribution in [2.45, 2.75) is 5.03 Å². The van der Waals surface area contributed by atoms with Crippen LogP contribution in [-0.4, -0.2) is 51.0 Å². The fraction of sp³-hybridized carbons (Fsp3) is 0.500. The average molecular weight is 316 g/mol. The van der Waals surface area contributed by atoms with Gasteiger partial charge >= 0.3 is 0 Å². The highest BCUT2D eigenvalue weighted by Crippen LogP contribution is 2.29. The van der Waals surface area contributed by atoms with Crippen molar-refractivity contribution < 1.29 is 0 Å². The minimum Gasteiger partial charge on any atom is -0.309 e. The van der Waals surface area contributed by atoms with Gasteiger partial charge in [0.15, 0.2) is 5.65 Å². The molecule has 0 saturated heterocycles. The molecule has 0 N–H and O–H groups in total. The van der Waals surface area contributed by atoms with Gasteiger partial charge in [-0.15, -0.1) is 11.8 Å². The molecule has 0 aliphatic heterocycles. The Bertz CT molecular complexity index is 525. The van der Waals surface area contributed by atoms with Gasteiger partial charge in [-0.1, -0.05) is 0 Å². The third-order valence-electron chi connectivity index (χ3n) is 2.32. The van der Waals surface area contributed by atoms with E-state index >= 15 is 0 Å². The highest BCUT2D eigenvalue weighted by molar-refractivity contribution is 9.10. The summed E-state index contributed by atoms with van der Waals surface area (Å²) in [5.41, 5.74) is 0.860. The predicted molar refractivity (Wildman–Crippen MR) is 73.3 cm³/mol. The van der Waals surface area contributed by atoms with Gasteiger partial charge in [-0.05, 0) is 30.0 Å². The highest BCUT2D eigenvalue weighted by Gasteiger charge is 2.13. The van der Waals surface area contributed by atoms with Gasteiger partial charge in [0.2, 0.25) is 0 Å². The molecule has 2 aromatic rings. The second-order valence-electron chi connectivity index (χ2n) is 3.94. The van der Waals surface area contributed by atoms with Crippen LogP contribution in [-0.2, 0) is 7.05 Å². The predicted octanol–water partition coefficient (Wildman–Crippen LogP) is 1.78. The maximum atomic E-state index is 4.33. The molecule has 0 aromatic carbocycles. The summed E-state index contributed by atoms with van der Waals surface area (Å²) in [6.07, 6.45) is 1.59. The van der Waals surface area contributed by atoms with E-state index in [0.29, 0.717) is 0 Å². The Morgan fingerprint density at radius 3 is 2.88 bits per heavy atom. The van der Waals surface area contributed by atoms with Crippen molar-refractivity contribution >= 4 is 38.7 Å². The zero-order chi connectivity index (χ0) is 12.4. The van der Waals surface area contributed by atoms with Gasteiger partial charge in [0, 0.05) is 19.3 Å². The van der Waals surface area contributed by atoms with Crippen molar-refractivity contribution in [3.05, 3.63) is 10.9 Å². The van der Waals surface area contributed by atoms with Gasteiger partial charge in [-0.25, -0.2) is 14.6 Å². The summed E-state index contributed by atoms with van der Waals surface area (Å²) in [4.78, 5) is 10.7. The van der Waals surface area contributed by atoms with Crippen molar-refractivity contribution in [1.82, 2.24) is 24.6 Å². The standard InChI is InChI=1S/C10H14BrN5S/c1-15(2)4-5-17-10-7-8(11)14-16(3)9(7)12-6-13-10/h6H,4-5H2,1-3H3. The zero-order valence-corrected chi connectivity index (χ0v) is 12.4. The SMILES string of the molecule is CN(C)CCSc1ncnc2c1c(Br)nn2C. The smallest absolute Gasteiger partial charge is 0.163 e. The maximum Gasteiger partial charge on any atom is 0.163 e. The van der Waals surface area contributed by atoms with Crippen LogP contribution in [0.5, 0.6) is 0 Å². The van der Waals surface area contributed by atoms with Gasteiger partial charge in [0.25, 0.3) is 0 Å². The topological polar surface area (TPSA) is 46.8 Å². The first-order valence-corrected chi connectivity index (χ1v) is 6.98. The van der Waals surface area contributed by atoms with Gasteiger partial charge in [0.05, 0.1) is 5.39 Å². The van der Waals surface area contributed by atoms with Crippen molar-refractivity contribution in [3.8, 4) is 0 Å². The molecule has 2 aromatic heterocycles.